The molecule has 0 saturated heterocycles. The van der Waals surface area contributed by atoms with Gasteiger partial charge in [0, 0.05) is 12.8 Å². The van der Waals surface area contributed by atoms with Crippen molar-refractivity contribution in [2.75, 3.05) is 20.3 Å². The number of methoxy groups -OCH3 is 1. The van der Waals surface area contributed by atoms with Gasteiger partial charge in [-0.3, -0.25) is 4.79 Å². The van der Waals surface area contributed by atoms with Crippen LogP contribution in [0, 0.1) is 6.92 Å². The molecule has 2 aromatic rings. The lowest BCUT2D eigenvalue weighted by Crippen LogP contribution is -2.35. The Kier molecular flexibility index (Phi) is 6.30. The summed E-state index contributed by atoms with van der Waals surface area (Å²) in [5.74, 6) is 1.33. The lowest BCUT2D eigenvalue weighted by atomic mass is 10.0. The summed E-state index contributed by atoms with van der Waals surface area (Å²) in [7, 11) is 1.65. The fraction of sp³-hybridized carbons (Fsp3) is 0.333. The summed E-state index contributed by atoms with van der Waals surface area (Å²) in [6.45, 7) is 2.39. The van der Waals surface area contributed by atoms with E-state index in [9.17, 15) is 4.79 Å². The fourth-order valence-electron chi connectivity index (χ4n) is 2.74. The number of amides is 1. The summed E-state index contributed by atoms with van der Waals surface area (Å²) in [5.41, 5.74) is 3.26. The summed E-state index contributed by atoms with van der Waals surface area (Å²) in [5, 5.41) is 6.96. The third kappa shape index (κ3) is 5.74. The Balaban J connectivity index is 1.36. The third-order valence-electron chi connectivity index (χ3n) is 4.28. The van der Waals surface area contributed by atoms with Crippen molar-refractivity contribution < 1.29 is 19.1 Å². The molecular formula is C21H24N2O4. The van der Waals surface area contributed by atoms with Crippen LogP contribution in [-0.2, 0) is 16.1 Å². The van der Waals surface area contributed by atoms with E-state index in [2.05, 4.69) is 10.5 Å². The Morgan fingerprint density at radius 2 is 1.85 bits per heavy atom. The number of hydrogen-bond acceptors (Lipinski definition) is 5. The molecule has 142 valence electrons. The highest BCUT2D eigenvalue weighted by Crippen LogP contribution is 2.17. The molecule has 1 amide bonds. The average Bonchev–Trinajstić information content (AvgIpc) is 3.14. The SMILES string of the molecule is COc1ccc(CC2=NOC(CNC(=O)COc3ccc(C)cc3)C2)cc1. The molecule has 0 saturated carbocycles. The minimum atomic E-state index is -0.178. The van der Waals surface area contributed by atoms with Crippen LogP contribution in [0.4, 0.5) is 0 Å². The molecule has 1 aliphatic heterocycles. The number of rotatable bonds is 8. The summed E-state index contributed by atoms with van der Waals surface area (Å²) in [4.78, 5) is 17.3. The molecule has 6 nitrogen and oxygen atoms in total. The summed E-state index contributed by atoms with van der Waals surface area (Å²) in [6.07, 6.45) is 1.29. The molecule has 1 heterocycles. The van der Waals surface area contributed by atoms with Crippen molar-refractivity contribution in [2.45, 2.75) is 25.9 Å². The largest absolute Gasteiger partial charge is 0.497 e. The highest BCUT2D eigenvalue weighted by molar-refractivity contribution is 5.87. The number of carbonyl (C=O) groups excluding carboxylic acids is 1. The number of aryl methyl sites for hydroxylation is 1. The third-order valence-corrected chi connectivity index (χ3v) is 4.28. The Hall–Kier alpha value is -3.02. The van der Waals surface area contributed by atoms with Gasteiger partial charge in [-0.2, -0.15) is 0 Å². The number of oxime groups is 1. The van der Waals surface area contributed by atoms with Crippen molar-refractivity contribution in [3.63, 3.8) is 0 Å². The first-order valence-electron chi connectivity index (χ1n) is 8.93. The zero-order valence-electron chi connectivity index (χ0n) is 15.6. The zero-order chi connectivity index (χ0) is 19.1. The molecule has 0 radical (unpaired) electrons. The van der Waals surface area contributed by atoms with Crippen LogP contribution in [0.5, 0.6) is 11.5 Å². The van der Waals surface area contributed by atoms with E-state index in [1.807, 2.05) is 55.5 Å². The molecule has 2 aromatic carbocycles. The lowest BCUT2D eigenvalue weighted by molar-refractivity contribution is -0.123. The molecule has 0 fully saturated rings. The van der Waals surface area contributed by atoms with Gasteiger partial charge in [-0.25, -0.2) is 0 Å². The van der Waals surface area contributed by atoms with Gasteiger partial charge in [0.25, 0.3) is 5.91 Å². The first kappa shape index (κ1) is 18.8. The maximum atomic E-state index is 11.9. The van der Waals surface area contributed by atoms with Crippen LogP contribution in [-0.4, -0.2) is 38.0 Å². The van der Waals surface area contributed by atoms with Gasteiger partial charge in [-0.15, -0.1) is 0 Å². The van der Waals surface area contributed by atoms with Crippen molar-refractivity contribution in [1.82, 2.24) is 5.32 Å². The molecule has 3 rings (SSSR count). The van der Waals surface area contributed by atoms with Gasteiger partial charge in [0.15, 0.2) is 6.61 Å². The van der Waals surface area contributed by atoms with Gasteiger partial charge in [-0.05, 0) is 36.8 Å². The fourth-order valence-corrected chi connectivity index (χ4v) is 2.74. The summed E-state index contributed by atoms with van der Waals surface area (Å²) < 4.78 is 10.6. The van der Waals surface area contributed by atoms with Crippen molar-refractivity contribution in [3.05, 3.63) is 59.7 Å². The second-order valence-corrected chi connectivity index (χ2v) is 6.52. The molecule has 1 unspecified atom stereocenters. The first-order chi connectivity index (χ1) is 13.1. The minimum absolute atomic E-state index is 0.0185. The quantitative estimate of drug-likeness (QED) is 0.778. The van der Waals surface area contributed by atoms with Gasteiger partial charge in [0.1, 0.15) is 17.6 Å². The van der Waals surface area contributed by atoms with E-state index in [4.69, 9.17) is 14.3 Å². The van der Waals surface area contributed by atoms with E-state index < -0.39 is 0 Å². The van der Waals surface area contributed by atoms with E-state index in [0.717, 1.165) is 29.0 Å². The van der Waals surface area contributed by atoms with Gasteiger partial charge in [0.2, 0.25) is 0 Å². The monoisotopic (exact) mass is 368 g/mol. The molecule has 1 aliphatic rings. The second kappa shape index (κ2) is 9.07. The zero-order valence-corrected chi connectivity index (χ0v) is 15.6. The average molecular weight is 368 g/mol. The van der Waals surface area contributed by atoms with Crippen molar-refractivity contribution in [1.29, 1.82) is 0 Å². The smallest absolute Gasteiger partial charge is 0.258 e. The predicted octanol–water partition coefficient (Wildman–Crippen LogP) is 2.89. The minimum Gasteiger partial charge on any atom is -0.497 e. The Labute approximate surface area is 159 Å². The normalized spacial score (nSPS) is 15.6. The van der Waals surface area contributed by atoms with E-state index >= 15 is 0 Å². The van der Waals surface area contributed by atoms with Crippen LogP contribution in [0.2, 0.25) is 0 Å². The van der Waals surface area contributed by atoms with E-state index in [1.54, 1.807) is 7.11 Å². The van der Waals surface area contributed by atoms with Crippen LogP contribution in [0.15, 0.2) is 53.7 Å². The molecule has 0 aliphatic carbocycles. The van der Waals surface area contributed by atoms with Crippen molar-refractivity contribution in [3.8, 4) is 11.5 Å². The van der Waals surface area contributed by atoms with Gasteiger partial charge in [0.05, 0.1) is 19.4 Å². The molecule has 0 aromatic heterocycles. The van der Waals surface area contributed by atoms with Gasteiger partial charge in [-0.1, -0.05) is 35.0 Å². The molecule has 0 bridgehead atoms. The number of carbonyl (C=O) groups is 1. The highest BCUT2D eigenvalue weighted by Gasteiger charge is 2.21. The number of nitrogens with one attached hydrogen (secondary N) is 1. The lowest BCUT2D eigenvalue weighted by Gasteiger charge is -2.11. The first-order valence-corrected chi connectivity index (χ1v) is 8.93. The standard InChI is InChI=1S/C21H24N2O4/c1-15-3-7-19(8-4-15)26-14-21(24)22-13-20-12-17(23-27-20)11-16-5-9-18(25-2)10-6-16/h3-10,20H,11-14H2,1-2H3,(H,22,24). The van der Waals surface area contributed by atoms with Crippen LogP contribution in [0.3, 0.4) is 0 Å². The number of benzene rings is 2. The van der Waals surface area contributed by atoms with Crippen molar-refractivity contribution in [2.24, 2.45) is 5.16 Å². The van der Waals surface area contributed by atoms with E-state index in [1.165, 1.54) is 0 Å². The molecular weight excluding hydrogens is 344 g/mol. The predicted molar refractivity (Wildman–Crippen MR) is 103 cm³/mol. The summed E-state index contributed by atoms with van der Waals surface area (Å²) in [6, 6.07) is 15.5. The Morgan fingerprint density at radius 3 is 2.56 bits per heavy atom. The molecule has 1 atom stereocenters. The Bertz CT molecular complexity index is 785. The van der Waals surface area contributed by atoms with Crippen LogP contribution in [0.25, 0.3) is 0 Å². The van der Waals surface area contributed by atoms with Crippen LogP contribution >= 0.6 is 0 Å². The maximum absolute atomic E-state index is 11.9. The molecule has 6 heteroatoms. The van der Waals surface area contributed by atoms with E-state index in [-0.39, 0.29) is 18.6 Å². The van der Waals surface area contributed by atoms with Crippen molar-refractivity contribution >= 4 is 11.6 Å². The van der Waals surface area contributed by atoms with Gasteiger partial charge < -0.3 is 19.6 Å². The molecule has 0 spiro atoms. The Morgan fingerprint density at radius 1 is 1.15 bits per heavy atom. The summed E-state index contributed by atoms with van der Waals surface area (Å²) >= 11 is 0. The number of nitrogens with zero attached hydrogens (tertiary/aromatic N) is 1. The maximum Gasteiger partial charge on any atom is 0.258 e. The highest BCUT2D eigenvalue weighted by atomic mass is 16.6. The topological polar surface area (TPSA) is 69.2 Å². The number of hydrogen-bond donors (Lipinski definition) is 1. The molecule has 1 N–H and O–H groups in total. The van der Waals surface area contributed by atoms with E-state index in [0.29, 0.717) is 18.7 Å². The van der Waals surface area contributed by atoms with Gasteiger partial charge >= 0.3 is 0 Å². The number of ether oxygens (including phenoxy) is 2. The van der Waals surface area contributed by atoms with Crippen LogP contribution in [0.1, 0.15) is 17.5 Å². The van der Waals surface area contributed by atoms with Crippen LogP contribution < -0.4 is 14.8 Å². The molecule has 27 heavy (non-hydrogen) atoms. The second-order valence-electron chi connectivity index (χ2n) is 6.52.